The molecule has 0 spiro atoms. The fourth-order valence-corrected chi connectivity index (χ4v) is 5.06. The van der Waals surface area contributed by atoms with Crippen LogP contribution in [0.25, 0.3) is 0 Å². The molecule has 0 amide bonds. The molecule has 2 heterocycles. The van der Waals surface area contributed by atoms with Crippen molar-refractivity contribution in [3.8, 4) is 0 Å². The molecule has 2 N–H and O–H groups in total. The largest absolute Gasteiger partial charge is 0.481 e. The Labute approximate surface area is 119 Å². The minimum absolute atomic E-state index is 0.00849. The Morgan fingerprint density at radius 1 is 1.63 bits per heavy atom. The van der Waals surface area contributed by atoms with Crippen molar-refractivity contribution in [2.24, 2.45) is 0 Å². The van der Waals surface area contributed by atoms with E-state index >= 15 is 0 Å². The quantitative estimate of drug-likeness (QED) is 0.851. The van der Waals surface area contributed by atoms with Gasteiger partial charge in [-0.05, 0) is 17.9 Å². The molecule has 2 rings (SSSR count). The lowest BCUT2D eigenvalue weighted by molar-refractivity contribution is -0.138. The van der Waals surface area contributed by atoms with Crippen molar-refractivity contribution in [2.45, 2.75) is 22.6 Å². The third-order valence-corrected chi connectivity index (χ3v) is 6.37. The lowest BCUT2D eigenvalue weighted by atomic mass is 9.96. The summed E-state index contributed by atoms with van der Waals surface area (Å²) in [5.74, 6) is -1.08. The van der Waals surface area contributed by atoms with Gasteiger partial charge in [-0.25, -0.2) is 13.1 Å². The number of carbonyl (C=O) groups is 1. The predicted octanol–water partition coefficient (Wildman–Crippen LogP) is 1.31. The average molecular weight is 326 g/mol. The number of halogens is 1. The minimum atomic E-state index is -3.84. The molecule has 0 aliphatic carbocycles. The summed E-state index contributed by atoms with van der Waals surface area (Å²) in [6, 6.07) is 1.48. The van der Waals surface area contributed by atoms with Crippen LogP contribution < -0.4 is 4.72 Å². The molecule has 1 atom stereocenters. The summed E-state index contributed by atoms with van der Waals surface area (Å²) >= 11 is 6.79. The number of hydrogen-bond acceptors (Lipinski definition) is 5. The van der Waals surface area contributed by atoms with Gasteiger partial charge in [-0.15, -0.1) is 11.3 Å². The van der Waals surface area contributed by atoms with Gasteiger partial charge in [-0.3, -0.25) is 4.79 Å². The van der Waals surface area contributed by atoms with Crippen molar-refractivity contribution >= 4 is 38.9 Å². The van der Waals surface area contributed by atoms with E-state index in [1.165, 1.54) is 6.07 Å². The minimum Gasteiger partial charge on any atom is -0.481 e. The highest BCUT2D eigenvalue weighted by atomic mass is 35.5. The Bertz CT molecular complexity index is 576. The number of ether oxygens (including phenoxy) is 1. The summed E-state index contributed by atoms with van der Waals surface area (Å²) in [4.78, 5) is 10.9. The van der Waals surface area contributed by atoms with Crippen molar-refractivity contribution in [1.82, 2.24) is 4.72 Å². The van der Waals surface area contributed by atoms with Gasteiger partial charge in [-0.2, -0.15) is 0 Å². The fourth-order valence-electron chi connectivity index (χ4n) is 1.96. The highest BCUT2D eigenvalue weighted by molar-refractivity contribution is 7.91. The van der Waals surface area contributed by atoms with E-state index in [-0.39, 0.29) is 22.3 Å². The summed E-state index contributed by atoms with van der Waals surface area (Å²) in [6.07, 6.45) is -0.00323. The second kappa shape index (κ2) is 5.37. The molecule has 1 saturated heterocycles. The van der Waals surface area contributed by atoms with Gasteiger partial charge >= 0.3 is 5.97 Å². The van der Waals surface area contributed by atoms with Crippen LogP contribution in [0.3, 0.4) is 0 Å². The molecule has 0 bridgehead atoms. The fraction of sp³-hybridized carbons (Fsp3) is 0.500. The molecule has 0 aromatic carbocycles. The Morgan fingerprint density at radius 2 is 2.37 bits per heavy atom. The summed E-state index contributed by atoms with van der Waals surface area (Å²) in [5.41, 5.74) is -1.10. The van der Waals surface area contributed by atoms with Crippen LogP contribution in [0.1, 0.15) is 12.8 Å². The number of rotatable bonds is 5. The second-order valence-electron chi connectivity index (χ2n) is 4.31. The normalized spacial score (nSPS) is 23.6. The van der Waals surface area contributed by atoms with Gasteiger partial charge in [0.2, 0.25) is 0 Å². The van der Waals surface area contributed by atoms with Crippen LogP contribution in [0.4, 0.5) is 0 Å². The topological polar surface area (TPSA) is 92.7 Å². The first-order chi connectivity index (χ1) is 8.85. The van der Waals surface area contributed by atoms with Crippen LogP contribution in [0, 0.1) is 0 Å². The number of hydrogen-bond donors (Lipinski definition) is 2. The smallest absolute Gasteiger partial charge is 0.305 e. The molecule has 6 nitrogen and oxygen atoms in total. The summed E-state index contributed by atoms with van der Waals surface area (Å²) in [7, 11) is -3.84. The zero-order valence-electron chi connectivity index (χ0n) is 9.76. The summed E-state index contributed by atoms with van der Waals surface area (Å²) in [5, 5.41) is 10.6. The van der Waals surface area contributed by atoms with Gasteiger partial charge in [0.25, 0.3) is 10.0 Å². The highest BCUT2D eigenvalue weighted by Gasteiger charge is 2.41. The van der Waals surface area contributed by atoms with Crippen molar-refractivity contribution in [1.29, 1.82) is 0 Å². The molecular weight excluding hydrogens is 314 g/mol. The maximum atomic E-state index is 12.2. The molecule has 9 heteroatoms. The number of thiophene rings is 1. The van der Waals surface area contributed by atoms with E-state index in [2.05, 4.69) is 4.72 Å². The zero-order chi connectivity index (χ0) is 14.1. The third-order valence-electron chi connectivity index (χ3n) is 2.77. The lowest BCUT2D eigenvalue weighted by Gasteiger charge is -2.26. The van der Waals surface area contributed by atoms with E-state index in [0.717, 1.165) is 11.3 Å². The monoisotopic (exact) mass is 325 g/mol. The SMILES string of the molecule is O=C(O)CC1(NS(=O)(=O)c2sccc2Cl)CCOC1. The molecule has 1 aliphatic rings. The zero-order valence-corrected chi connectivity index (χ0v) is 12.1. The van der Waals surface area contributed by atoms with Crippen molar-refractivity contribution in [2.75, 3.05) is 13.2 Å². The van der Waals surface area contributed by atoms with Gasteiger partial charge < -0.3 is 9.84 Å². The van der Waals surface area contributed by atoms with Gasteiger partial charge in [0.05, 0.1) is 23.6 Å². The molecule has 1 aliphatic heterocycles. The molecular formula is C10H12ClNO5S2. The Morgan fingerprint density at radius 3 is 2.84 bits per heavy atom. The highest BCUT2D eigenvalue weighted by Crippen LogP contribution is 2.31. The molecule has 1 unspecified atom stereocenters. The number of carboxylic acids is 1. The van der Waals surface area contributed by atoms with Crippen LogP contribution >= 0.6 is 22.9 Å². The Hall–Kier alpha value is -0.670. The molecule has 19 heavy (non-hydrogen) atoms. The van der Waals surface area contributed by atoms with Gasteiger partial charge in [0.15, 0.2) is 4.21 Å². The first-order valence-corrected chi connectivity index (χ1v) is 8.15. The predicted molar refractivity (Wildman–Crippen MR) is 70.1 cm³/mol. The molecule has 1 fully saturated rings. The van der Waals surface area contributed by atoms with E-state index in [4.69, 9.17) is 21.4 Å². The van der Waals surface area contributed by atoms with Gasteiger partial charge in [0.1, 0.15) is 0 Å². The third kappa shape index (κ3) is 3.26. The summed E-state index contributed by atoms with van der Waals surface area (Å²) < 4.78 is 32.0. The van der Waals surface area contributed by atoms with E-state index in [1.807, 2.05) is 0 Å². The first-order valence-electron chi connectivity index (χ1n) is 5.41. The van der Waals surface area contributed by atoms with E-state index in [9.17, 15) is 13.2 Å². The Balaban J connectivity index is 2.27. The standard InChI is InChI=1S/C10H12ClNO5S2/c11-7-1-4-18-9(7)19(15,16)12-10(5-8(13)14)2-3-17-6-10/h1,4,12H,2-3,5-6H2,(H,13,14). The maximum Gasteiger partial charge on any atom is 0.305 e. The van der Waals surface area contributed by atoms with Crippen LogP contribution in [-0.4, -0.2) is 38.2 Å². The van der Waals surface area contributed by atoms with Crippen LogP contribution in [0.15, 0.2) is 15.7 Å². The molecule has 106 valence electrons. The molecule has 1 aromatic rings. The number of nitrogens with one attached hydrogen (secondary N) is 1. The van der Waals surface area contributed by atoms with Gasteiger partial charge in [-0.1, -0.05) is 11.6 Å². The van der Waals surface area contributed by atoms with Crippen LogP contribution in [0.5, 0.6) is 0 Å². The molecule has 0 saturated carbocycles. The number of carboxylic acid groups (broad SMARTS) is 1. The number of sulfonamides is 1. The maximum absolute atomic E-state index is 12.2. The van der Waals surface area contributed by atoms with Gasteiger partial charge in [0, 0.05) is 6.61 Å². The number of aliphatic carboxylic acids is 1. The van der Waals surface area contributed by atoms with Crippen LogP contribution in [-0.2, 0) is 19.6 Å². The Kier molecular flexibility index (Phi) is 4.17. The van der Waals surface area contributed by atoms with E-state index in [1.54, 1.807) is 5.38 Å². The summed E-state index contributed by atoms with van der Waals surface area (Å²) in [6.45, 7) is 0.371. The van der Waals surface area contributed by atoms with E-state index < -0.39 is 21.5 Å². The van der Waals surface area contributed by atoms with Crippen molar-refractivity contribution in [3.05, 3.63) is 16.5 Å². The van der Waals surface area contributed by atoms with Crippen molar-refractivity contribution < 1.29 is 23.1 Å². The molecule has 0 radical (unpaired) electrons. The van der Waals surface area contributed by atoms with Crippen LogP contribution in [0.2, 0.25) is 5.02 Å². The van der Waals surface area contributed by atoms with Crippen molar-refractivity contribution in [3.63, 3.8) is 0 Å². The second-order valence-corrected chi connectivity index (χ2v) is 7.52. The van der Waals surface area contributed by atoms with E-state index in [0.29, 0.717) is 13.0 Å². The molecule has 1 aromatic heterocycles. The first kappa shape index (κ1) is 14.7. The average Bonchev–Trinajstić information content (AvgIpc) is 2.86. The lowest BCUT2D eigenvalue weighted by Crippen LogP contribution is -2.50.